The van der Waals surface area contributed by atoms with Gasteiger partial charge in [-0.15, -0.1) is 0 Å². The average Bonchev–Trinajstić information content (AvgIpc) is 2.26. The Balaban J connectivity index is 2.30. The highest BCUT2D eigenvalue weighted by molar-refractivity contribution is 5.33. The van der Waals surface area contributed by atoms with Crippen LogP contribution in [0, 0.1) is 25.2 Å². The molecule has 0 heterocycles. The van der Waals surface area contributed by atoms with Crippen molar-refractivity contribution in [2.75, 3.05) is 6.54 Å². The van der Waals surface area contributed by atoms with Crippen LogP contribution in [0.15, 0.2) is 18.2 Å². The summed E-state index contributed by atoms with van der Waals surface area (Å²) >= 11 is 0. The molecule has 0 bridgehead atoms. The quantitative estimate of drug-likeness (QED) is 0.742. The van der Waals surface area contributed by atoms with Crippen LogP contribution in [0.1, 0.15) is 36.0 Å². The fraction of sp³-hybridized carbons (Fsp3) is 0.500. The molecule has 0 aromatic heterocycles. The van der Waals surface area contributed by atoms with E-state index in [4.69, 9.17) is 5.26 Å². The molecule has 0 aliphatic heterocycles. The van der Waals surface area contributed by atoms with Crippen molar-refractivity contribution in [3.63, 3.8) is 0 Å². The molecule has 0 aliphatic rings. The maximum absolute atomic E-state index is 8.40. The zero-order chi connectivity index (χ0) is 11.8. The Bertz CT molecular complexity index is 343. The molecule has 1 aromatic rings. The average molecular weight is 216 g/mol. The van der Waals surface area contributed by atoms with Gasteiger partial charge in [-0.25, -0.2) is 0 Å². The number of unbranched alkanes of at least 4 members (excludes halogenated alkanes) is 2. The summed E-state index contributed by atoms with van der Waals surface area (Å²) in [7, 11) is 0. The van der Waals surface area contributed by atoms with E-state index in [2.05, 4.69) is 43.4 Å². The number of rotatable bonds is 6. The highest BCUT2D eigenvalue weighted by atomic mass is 14.8. The molecule has 2 nitrogen and oxygen atoms in total. The van der Waals surface area contributed by atoms with Gasteiger partial charge in [0.1, 0.15) is 0 Å². The van der Waals surface area contributed by atoms with E-state index >= 15 is 0 Å². The zero-order valence-corrected chi connectivity index (χ0v) is 10.2. The van der Waals surface area contributed by atoms with E-state index in [1.807, 2.05) is 0 Å². The van der Waals surface area contributed by atoms with Crippen LogP contribution >= 0.6 is 0 Å². The number of hydrogen-bond donors (Lipinski definition) is 1. The number of aryl methyl sites for hydroxylation is 2. The molecule has 2 heteroatoms. The highest BCUT2D eigenvalue weighted by Gasteiger charge is 2.00. The zero-order valence-electron chi connectivity index (χ0n) is 10.2. The van der Waals surface area contributed by atoms with Gasteiger partial charge in [-0.05, 0) is 49.9 Å². The molecule has 0 fully saturated rings. The molecule has 0 unspecified atom stereocenters. The van der Waals surface area contributed by atoms with E-state index in [0.29, 0.717) is 6.42 Å². The topological polar surface area (TPSA) is 35.8 Å². The number of nitrogens with one attached hydrogen (secondary N) is 1. The number of nitrogens with zero attached hydrogens (tertiary/aromatic N) is 1. The van der Waals surface area contributed by atoms with Gasteiger partial charge < -0.3 is 5.32 Å². The Labute approximate surface area is 98.3 Å². The lowest BCUT2D eigenvalue weighted by Crippen LogP contribution is -2.16. The van der Waals surface area contributed by atoms with Gasteiger partial charge in [0.2, 0.25) is 0 Å². The standard InChI is InChI=1S/C14H20N2/c1-12-7-6-8-13(2)14(12)11-16-10-5-3-4-9-15/h6-8,16H,3-5,10-11H2,1-2H3. The Morgan fingerprint density at radius 1 is 1.19 bits per heavy atom. The van der Waals surface area contributed by atoms with Crippen LogP contribution in [-0.2, 0) is 6.54 Å². The monoisotopic (exact) mass is 216 g/mol. The fourth-order valence-electron chi connectivity index (χ4n) is 1.80. The Morgan fingerprint density at radius 2 is 1.88 bits per heavy atom. The molecular formula is C14H20N2. The summed E-state index contributed by atoms with van der Waals surface area (Å²) in [5, 5.41) is 11.8. The summed E-state index contributed by atoms with van der Waals surface area (Å²) in [6.45, 7) is 6.24. The van der Waals surface area contributed by atoms with E-state index in [9.17, 15) is 0 Å². The van der Waals surface area contributed by atoms with Gasteiger partial charge in [-0.1, -0.05) is 18.2 Å². The van der Waals surface area contributed by atoms with Gasteiger partial charge in [-0.3, -0.25) is 0 Å². The molecule has 86 valence electrons. The number of benzene rings is 1. The minimum Gasteiger partial charge on any atom is -0.313 e. The summed E-state index contributed by atoms with van der Waals surface area (Å²) in [4.78, 5) is 0. The molecule has 0 saturated heterocycles. The molecular weight excluding hydrogens is 196 g/mol. The summed E-state index contributed by atoms with van der Waals surface area (Å²) in [5.41, 5.74) is 4.11. The third-order valence-electron chi connectivity index (χ3n) is 2.84. The van der Waals surface area contributed by atoms with Crippen LogP contribution in [-0.4, -0.2) is 6.54 Å². The lowest BCUT2D eigenvalue weighted by molar-refractivity contribution is 0.626. The normalized spacial score (nSPS) is 10.1. The van der Waals surface area contributed by atoms with E-state index in [1.54, 1.807) is 0 Å². The molecule has 1 rings (SSSR count). The van der Waals surface area contributed by atoms with Crippen molar-refractivity contribution in [3.05, 3.63) is 34.9 Å². The first-order chi connectivity index (χ1) is 7.75. The third-order valence-corrected chi connectivity index (χ3v) is 2.84. The molecule has 0 radical (unpaired) electrons. The smallest absolute Gasteiger partial charge is 0.0621 e. The van der Waals surface area contributed by atoms with Crippen LogP contribution < -0.4 is 5.32 Å². The molecule has 0 saturated carbocycles. The summed E-state index contributed by atoms with van der Waals surface area (Å²) in [6, 6.07) is 8.57. The fourth-order valence-corrected chi connectivity index (χ4v) is 1.80. The predicted octanol–water partition coefficient (Wildman–Crippen LogP) is 3.09. The number of nitriles is 1. The minimum absolute atomic E-state index is 0.672. The summed E-state index contributed by atoms with van der Waals surface area (Å²) in [6.07, 6.45) is 2.75. The SMILES string of the molecule is Cc1cccc(C)c1CNCCCCC#N. The second-order valence-electron chi connectivity index (χ2n) is 4.16. The van der Waals surface area contributed by atoms with Crippen LogP contribution in [0.2, 0.25) is 0 Å². The second-order valence-corrected chi connectivity index (χ2v) is 4.16. The van der Waals surface area contributed by atoms with E-state index in [-0.39, 0.29) is 0 Å². The van der Waals surface area contributed by atoms with Gasteiger partial charge in [-0.2, -0.15) is 5.26 Å². The van der Waals surface area contributed by atoms with E-state index in [1.165, 1.54) is 16.7 Å². The molecule has 0 aliphatic carbocycles. The second kappa shape index (κ2) is 7.03. The van der Waals surface area contributed by atoms with Crippen LogP contribution in [0.3, 0.4) is 0 Å². The predicted molar refractivity (Wildman–Crippen MR) is 67.1 cm³/mol. The van der Waals surface area contributed by atoms with Gasteiger partial charge in [0, 0.05) is 13.0 Å². The number of hydrogen-bond acceptors (Lipinski definition) is 2. The van der Waals surface area contributed by atoms with Gasteiger partial charge in [0.05, 0.1) is 6.07 Å². The van der Waals surface area contributed by atoms with Crippen molar-refractivity contribution in [1.82, 2.24) is 5.32 Å². The van der Waals surface area contributed by atoms with Crippen LogP contribution in [0.5, 0.6) is 0 Å². The Kier molecular flexibility index (Phi) is 5.60. The third kappa shape index (κ3) is 4.04. The molecule has 0 atom stereocenters. The van der Waals surface area contributed by atoms with Gasteiger partial charge >= 0.3 is 0 Å². The first-order valence-corrected chi connectivity index (χ1v) is 5.88. The molecule has 0 amide bonds. The van der Waals surface area contributed by atoms with Crippen LogP contribution in [0.25, 0.3) is 0 Å². The minimum atomic E-state index is 0.672. The Hall–Kier alpha value is -1.33. The summed E-state index contributed by atoms with van der Waals surface area (Å²) < 4.78 is 0. The van der Waals surface area contributed by atoms with Crippen molar-refractivity contribution >= 4 is 0 Å². The lowest BCUT2D eigenvalue weighted by atomic mass is 10.0. The van der Waals surface area contributed by atoms with Crippen LogP contribution in [0.4, 0.5) is 0 Å². The Morgan fingerprint density at radius 3 is 2.50 bits per heavy atom. The maximum atomic E-state index is 8.40. The van der Waals surface area contributed by atoms with Gasteiger partial charge in [0.15, 0.2) is 0 Å². The molecule has 0 spiro atoms. The largest absolute Gasteiger partial charge is 0.313 e. The highest BCUT2D eigenvalue weighted by Crippen LogP contribution is 2.12. The molecule has 16 heavy (non-hydrogen) atoms. The van der Waals surface area contributed by atoms with Crippen molar-refractivity contribution in [2.45, 2.75) is 39.7 Å². The molecule has 1 aromatic carbocycles. The maximum Gasteiger partial charge on any atom is 0.0621 e. The first-order valence-electron chi connectivity index (χ1n) is 5.88. The van der Waals surface area contributed by atoms with Gasteiger partial charge in [0.25, 0.3) is 0 Å². The van der Waals surface area contributed by atoms with E-state index < -0.39 is 0 Å². The first kappa shape index (κ1) is 12.7. The summed E-state index contributed by atoms with van der Waals surface area (Å²) in [5.74, 6) is 0. The van der Waals surface area contributed by atoms with Crippen molar-refractivity contribution in [1.29, 1.82) is 5.26 Å². The van der Waals surface area contributed by atoms with Crippen molar-refractivity contribution in [3.8, 4) is 6.07 Å². The van der Waals surface area contributed by atoms with E-state index in [0.717, 1.165) is 25.9 Å². The molecule has 1 N–H and O–H groups in total. The van der Waals surface area contributed by atoms with Crippen molar-refractivity contribution < 1.29 is 0 Å². The lowest BCUT2D eigenvalue weighted by Gasteiger charge is -2.10. The van der Waals surface area contributed by atoms with Crippen molar-refractivity contribution in [2.24, 2.45) is 0 Å².